The lowest BCUT2D eigenvalue weighted by atomic mass is 10.0. The van der Waals surface area contributed by atoms with Gasteiger partial charge < -0.3 is 5.32 Å². The summed E-state index contributed by atoms with van der Waals surface area (Å²) in [5.41, 5.74) is 5.79. The van der Waals surface area contributed by atoms with Gasteiger partial charge in [-0.05, 0) is 37.4 Å². The highest BCUT2D eigenvalue weighted by molar-refractivity contribution is 7.09. The zero-order chi connectivity index (χ0) is 13.7. The van der Waals surface area contributed by atoms with E-state index in [2.05, 4.69) is 55.3 Å². The SMILES string of the molecule is CCCNC(c1ccc(CC)cc1)c1scnc1C. The molecule has 0 fully saturated rings. The molecule has 2 aromatic rings. The number of hydrogen-bond donors (Lipinski definition) is 1. The summed E-state index contributed by atoms with van der Waals surface area (Å²) in [5, 5.41) is 3.64. The molecule has 1 atom stereocenters. The molecule has 1 aromatic heterocycles. The third kappa shape index (κ3) is 3.43. The Balaban J connectivity index is 2.28. The predicted octanol–water partition coefficient (Wildman–Crippen LogP) is 4.10. The molecule has 0 bridgehead atoms. The van der Waals surface area contributed by atoms with Gasteiger partial charge in [-0.2, -0.15) is 0 Å². The summed E-state index contributed by atoms with van der Waals surface area (Å²) >= 11 is 1.74. The van der Waals surface area contributed by atoms with E-state index in [1.54, 1.807) is 11.3 Å². The van der Waals surface area contributed by atoms with Gasteiger partial charge in [-0.25, -0.2) is 4.98 Å². The number of nitrogens with one attached hydrogen (secondary N) is 1. The van der Waals surface area contributed by atoms with Gasteiger partial charge in [-0.1, -0.05) is 38.1 Å². The number of aromatic nitrogens is 1. The second kappa shape index (κ2) is 6.83. The fraction of sp³-hybridized carbons (Fsp3) is 0.438. The Labute approximate surface area is 119 Å². The van der Waals surface area contributed by atoms with Crippen LogP contribution in [-0.2, 0) is 6.42 Å². The Morgan fingerprint density at radius 2 is 1.95 bits per heavy atom. The zero-order valence-corrected chi connectivity index (χ0v) is 12.8. The summed E-state index contributed by atoms with van der Waals surface area (Å²) in [6, 6.07) is 9.22. The summed E-state index contributed by atoms with van der Waals surface area (Å²) in [6.45, 7) is 7.50. The van der Waals surface area contributed by atoms with Gasteiger partial charge in [0.25, 0.3) is 0 Å². The van der Waals surface area contributed by atoms with Crippen LogP contribution in [0.5, 0.6) is 0 Å². The van der Waals surface area contributed by atoms with Gasteiger partial charge in [0.1, 0.15) is 0 Å². The molecule has 0 saturated carbocycles. The van der Waals surface area contributed by atoms with Crippen LogP contribution >= 0.6 is 11.3 Å². The van der Waals surface area contributed by atoms with Gasteiger partial charge >= 0.3 is 0 Å². The summed E-state index contributed by atoms with van der Waals surface area (Å²) < 4.78 is 0. The Hall–Kier alpha value is -1.19. The molecular weight excluding hydrogens is 252 g/mol. The smallest absolute Gasteiger partial charge is 0.0798 e. The van der Waals surface area contributed by atoms with Crippen molar-refractivity contribution in [2.45, 2.75) is 39.7 Å². The van der Waals surface area contributed by atoms with Crippen LogP contribution in [0.25, 0.3) is 0 Å². The highest BCUT2D eigenvalue weighted by Gasteiger charge is 2.17. The molecule has 1 N–H and O–H groups in total. The number of aryl methyl sites for hydroxylation is 2. The zero-order valence-electron chi connectivity index (χ0n) is 11.9. The minimum Gasteiger partial charge on any atom is -0.306 e. The fourth-order valence-electron chi connectivity index (χ4n) is 2.18. The second-order valence-corrected chi connectivity index (χ2v) is 5.67. The molecule has 1 unspecified atom stereocenters. The van der Waals surface area contributed by atoms with Crippen molar-refractivity contribution < 1.29 is 0 Å². The maximum atomic E-state index is 4.38. The number of benzene rings is 1. The van der Waals surface area contributed by atoms with Crippen LogP contribution in [0.4, 0.5) is 0 Å². The lowest BCUT2D eigenvalue weighted by Gasteiger charge is -2.18. The molecule has 0 aliphatic rings. The monoisotopic (exact) mass is 274 g/mol. The molecule has 2 rings (SSSR count). The van der Waals surface area contributed by atoms with E-state index in [4.69, 9.17) is 0 Å². The number of thiazole rings is 1. The molecular formula is C16H22N2S. The van der Waals surface area contributed by atoms with E-state index >= 15 is 0 Å². The van der Waals surface area contributed by atoms with Crippen molar-refractivity contribution in [3.8, 4) is 0 Å². The van der Waals surface area contributed by atoms with Gasteiger partial charge in [0.05, 0.1) is 17.2 Å². The van der Waals surface area contributed by atoms with Crippen molar-refractivity contribution in [3.63, 3.8) is 0 Å². The van der Waals surface area contributed by atoms with E-state index in [1.807, 2.05) is 5.51 Å². The largest absolute Gasteiger partial charge is 0.306 e. The molecule has 0 aliphatic carbocycles. The minimum atomic E-state index is 0.276. The average molecular weight is 274 g/mol. The van der Waals surface area contributed by atoms with Crippen LogP contribution < -0.4 is 5.32 Å². The summed E-state index contributed by atoms with van der Waals surface area (Å²) in [7, 11) is 0. The van der Waals surface area contributed by atoms with E-state index in [-0.39, 0.29) is 6.04 Å². The van der Waals surface area contributed by atoms with Gasteiger partial charge in [-0.15, -0.1) is 11.3 Å². The molecule has 0 aliphatic heterocycles. The second-order valence-electron chi connectivity index (χ2n) is 4.78. The van der Waals surface area contributed by atoms with Crippen molar-refractivity contribution in [2.24, 2.45) is 0 Å². The van der Waals surface area contributed by atoms with Gasteiger partial charge in [0.15, 0.2) is 0 Å². The summed E-state index contributed by atoms with van der Waals surface area (Å²) in [6.07, 6.45) is 2.23. The number of nitrogens with zero attached hydrogens (tertiary/aromatic N) is 1. The number of rotatable bonds is 6. The first kappa shape index (κ1) is 14.2. The van der Waals surface area contributed by atoms with E-state index in [0.717, 1.165) is 25.1 Å². The van der Waals surface area contributed by atoms with Crippen molar-refractivity contribution in [2.75, 3.05) is 6.54 Å². The molecule has 102 valence electrons. The van der Waals surface area contributed by atoms with Crippen LogP contribution in [0.1, 0.15) is 48.0 Å². The molecule has 2 nitrogen and oxygen atoms in total. The van der Waals surface area contributed by atoms with Crippen LogP contribution in [0.2, 0.25) is 0 Å². The first-order valence-electron chi connectivity index (χ1n) is 6.98. The van der Waals surface area contributed by atoms with Gasteiger partial charge in [0.2, 0.25) is 0 Å². The van der Waals surface area contributed by atoms with Gasteiger partial charge in [-0.3, -0.25) is 0 Å². The van der Waals surface area contributed by atoms with Crippen LogP contribution in [0.15, 0.2) is 29.8 Å². The molecule has 0 spiro atoms. The van der Waals surface area contributed by atoms with E-state index in [9.17, 15) is 0 Å². The van der Waals surface area contributed by atoms with Crippen molar-refractivity contribution in [3.05, 3.63) is 51.5 Å². The summed E-state index contributed by atoms with van der Waals surface area (Å²) in [4.78, 5) is 5.71. The predicted molar refractivity (Wildman–Crippen MR) is 82.8 cm³/mol. The Morgan fingerprint density at radius 1 is 1.21 bits per heavy atom. The maximum absolute atomic E-state index is 4.38. The van der Waals surface area contributed by atoms with Crippen molar-refractivity contribution in [1.82, 2.24) is 10.3 Å². The fourth-order valence-corrected chi connectivity index (χ4v) is 3.09. The van der Waals surface area contributed by atoms with Crippen LogP contribution in [-0.4, -0.2) is 11.5 Å². The Morgan fingerprint density at radius 3 is 2.47 bits per heavy atom. The normalized spacial score (nSPS) is 12.6. The third-order valence-corrected chi connectivity index (χ3v) is 4.36. The third-order valence-electron chi connectivity index (χ3n) is 3.36. The van der Waals surface area contributed by atoms with Crippen LogP contribution in [0, 0.1) is 6.92 Å². The molecule has 1 heterocycles. The van der Waals surface area contributed by atoms with Gasteiger partial charge in [0, 0.05) is 4.88 Å². The number of hydrogen-bond acceptors (Lipinski definition) is 3. The first-order chi connectivity index (χ1) is 9.26. The minimum absolute atomic E-state index is 0.276. The standard InChI is InChI=1S/C16H22N2S/c1-4-10-17-15(16-12(3)18-11-19-16)14-8-6-13(5-2)7-9-14/h6-9,11,15,17H,4-5,10H2,1-3H3. The Bertz CT molecular complexity index is 502. The molecule has 0 amide bonds. The van der Waals surface area contributed by atoms with E-state index in [0.29, 0.717) is 0 Å². The quantitative estimate of drug-likeness (QED) is 0.857. The highest BCUT2D eigenvalue weighted by atomic mass is 32.1. The molecule has 3 heteroatoms. The van der Waals surface area contributed by atoms with E-state index < -0.39 is 0 Å². The maximum Gasteiger partial charge on any atom is 0.0798 e. The Kier molecular flexibility index (Phi) is 5.11. The lowest BCUT2D eigenvalue weighted by Crippen LogP contribution is -2.23. The van der Waals surface area contributed by atoms with E-state index in [1.165, 1.54) is 16.0 Å². The molecule has 0 radical (unpaired) electrons. The van der Waals surface area contributed by atoms with Crippen molar-refractivity contribution >= 4 is 11.3 Å². The average Bonchev–Trinajstić information content (AvgIpc) is 2.86. The lowest BCUT2D eigenvalue weighted by molar-refractivity contribution is 0.602. The summed E-state index contributed by atoms with van der Waals surface area (Å²) in [5.74, 6) is 0. The van der Waals surface area contributed by atoms with Crippen molar-refractivity contribution in [1.29, 1.82) is 0 Å². The molecule has 0 saturated heterocycles. The molecule has 19 heavy (non-hydrogen) atoms. The highest BCUT2D eigenvalue weighted by Crippen LogP contribution is 2.28. The topological polar surface area (TPSA) is 24.9 Å². The first-order valence-corrected chi connectivity index (χ1v) is 7.86. The molecule has 1 aromatic carbocycles. The van der Waals surface area contributed by atoms with Crippen LogP contribution in [0.3, 0.4) is 0 Å².